The third-order valence-corrected chi connectivity index (χ3v) is 2.96. The number of aryl methyl sites for hydroxylation is 1. The number of aromatic nitrogens is 2. The first-order valence-corrected chi connectivity index (χ1v) is 6.20. The molecule has 0 aliphatic carbocycles. The summed E-state index contributed by atoms with van der Waals surface area (Å²) in [6.07, 6.45) is 1.61. The molecule has 0 saturated carbocycles. The van der Waals surface area contributed by atoms with Gasteiger partial charge >= 0.3 is 0 Å². The molecule has 0 aliphatic heterocycles. The molecule has 0 atom stereocenters. The van der Waals surface area contributed by atoms with Crippen molar-refractivity contribution in [3.63, 3.8) is 0 Å². The van der Waals surface area contributed by atoms with Crippen molar-refractivity contribution in [1.29, 1.82) is 0 Å². The van der Waals surface area contributed by atoms with Crippen LogP contribution < -0.4 is 16.0 Å². The third kappa shape index (κ3) is 2.90. The van der Waals surface area contributed by atoms with Crippen molar-refractivity contribution >= 4 is 33.5 Å². The second-order valence-electron chi connectivity index (χ2n) is 3.50. The summed E-state index contributed by atoms with van der Waals surface area (Å²) in [5.41, 5.74) is 3.14. The van der Waals surface area contributed by atoms with Crippen LogP contribution in [-0.4, -0.2) is 9.97 Å². The predicted octanol–water partition coefficient (Wildman–Crippen LogP) is 3.28. The third-order valence-electron chi connectivity index (χ3n) is 2.15. The van der Waals surface area contributed by atoms with E-state index in [-0.39, 0.29) is 5.95 Å². The fourth-order valence-electron chi connectivity index (χ4n) is 1.26. The maximum Gasteiger partial charge on any atom is 0.240 e. The van der Waals surface area contributed by atoms with E-state index in [1.165, 1.54) is 0 Å². The number of rotatable bonds is 3. The Kier molecular flexibility index (Phi) is 4.00. The van der Waals surface area contributed by atoms with Crippen LogP contribution in [0, 0.1) is 6.92 Å². The highest BCUT2D eigenvalue weighted by Gasteiger charge is 2.09. The Morgan fingerprint density at radius 1 is 1.44 bits per heavy atom. The normalized spacial score (nSPS) is 10.2. The monoisotopic (exact) mass is 328 g/mol. The summed E-state index contributed by atoms with van der Waals surface area (Å²) in [6.45, 7) is 1.83. The lowest BCUT2D eigenvalue weighted by Gasteiger charge is -2.10. The van der Waals surface area contributed by atoms with E-state index >= 15 is 0 Å². The predicted molar refractivity (Wildman–Crippen MR) is 73.8 cm³/mol. The van der Waals surface area contributed by atoms with Crippen molar-refractivity contribution in [1.82, 2.24) is 9.97 Å². The first-order chi connectivity index (χ1) is 8.60. The van der Waals surface area contributed by atoms with Gasteiger partial charge < -0.3 is 4.74 Å². The van der Waals surface area contributed by atoms with E-state index in [1.54, 1.807) is 18.3 Å². The van der Waals surface area contributed by atoms with Gasteiger partial charge in [0.25, 0.3) is 0 Å². The number of hydrogen-bond acceptors (Lipinski definition) is 5. The number of nitrogen functional groups attached to an aromatic ring is 1. The number of ether oxygens (including phenoxy) is 1. The molecule has 1 aromatic heterocycles. The highest BCUT2D eigenvalue weighted by molar-refractivity contribution is 9.10. The van der Waals surface area contributed by atoms with Crippen LogP contribution in [0.2, 0.25) is 5.02 Å². The number of benzene rings is 1. The first-order valence-electron chi connectivity index (χ1n) is 5.03. The zero-order chi connectivity index (χ0) is 13.1. The molecule has 0 amide bonds. The van der Waals surface area contributed by atoms with E-state index in [9.17, 15) is 0 Å². The molecule has 7 heteroatoms. The van der Waals surface area contributed by atoms with Crippen molar-refractivity contribution in [2.24, 2.45) is 5.84 Å². The van der Waals surface area contributed by atoms with E-state index in [2.05, 4.69) is 31.3 Å². The molecule has 18 heavy (non-hydrogen) atoms. The SMILES string of the molecule is Cc1cnc(NN)nc1Oc1cc(Br)ccc1Cl. The van der Waals surface area contributed by atoms with Gasteiger partial charge in [0.1, 0.15) is 5.75 Å². The summed E-state index contributed by atoms with van der Waals surface area (Å²) >= 11 is 9.40. The molecule has 1 aromatic carbocycles. The number of anilines is 1. The van der Waals surface area contributed by atoms with Gasteiger partial charge in [0.05, 0.1) is 5.02 Å². The van der Waals surface area contributed by atoms with Crippen molar-refractivity contribution in [3.05, 3.63) is 39.5 Å². The van der Waals surface area contributed by atoms with Gasteiger partial charge in [-0.25, -0.2) is 10.8 Å². The summed E-state index contributed by atoms with van der Waals surface area (Å²) in [5.74, 6) is 6.44. The number of nitrogens with zero attached hydrogens (tertiary/aromatic N) is 2. The molecule has 5 nitrogen and oxygen atoms in total. The van der Waals surface area contributed by atoms with Crippen LogP contribution in [0.15, 0.2) is 28.9 Å². The van der Waals surface area contributed by atoms with Gasteiger partial charge in [0, 0.05) is 16.2 Å². The lowest BCUT2D eigenvalue weighted by Crippen LogP contribution is -2.11. The van der Waals surface area contributed by atoms with Crippen molar-refractivity contribution in [3.8, 4) is 11.6 Å². The van der Waals surface area contributed by atoms with E-state index in [1.807, 2.05) is 13.0 Å². The molecule has 0 saturated heterocycles. The Bertz CT molecular complexity index is 579. The molecule has 0 spiro atoms. The number of halogens is 2. The van der Waals surface area contributed by atoms with E-state index in [4.69, 9.17) is 22.2 Å². The lowest BCUT2D eigenvalue weighted by molar-refractivity contribution is 0.458. The van der Waals surface area contributed by atoms with Crippen molar-refractivity contribution < 1.29 is 4.74 Å². The fraction of sp³-hybridized carbons (Fsp3) is 0.0909. The van der Waals surface area contributed by atoms with Crippen molar-refractivity contribution in [2.75, 3.05) is 5.43 Å². The molecule has 0 radical (unpaired) electrons. The van der Waals surface area contributed by atoms with Crippen LogP contribution in [0.3, 0.4) is 0 Å². The average Bonchev–Trinajstić information content (AvgIpc) is 2.36. The van der Waals surface area contributed by atoms with Crippen LogP contribution >= 0.6 is 27.5 Å². The molecule has 2 aromatic rings. The van der Waals surface area contributed by atoms with Gasteiger partial charge in [-0.05, 0) is 25.1 Å². The Hall–Kier alpha value is -1.37. The number of hydrogen-bond donors (Lipinski definition) is 2. The van der Waals surface area contributed by atoms with Gasteiger partial charge in [0.15, 0.2) is 0 Å². The lowest BCUT2D eigenvalue weighted by atomic mass is 10.3. The molecule has 0 unspecified atom stereocenters. The van der Waals surface area contributed by atoms with E-state index in [0.29, 0.717) is 16.7 Å². The van der Waals surface area contributed by atoms with Crippen molar-refractivity contribution in [2.45, 2.75) is 6.92 Å². The second-order valence-corrected chi connectivity index (χ2v) is 4.83. The Morgan fingerprint density at radius 2 is 2.22 bits per heavy atom. The molecule has 0 aliphatic rings. The summed E-state index contributed by atoms with van der Waals surface area (Å²) in [7, 11) is 0. The Balaban J connectivity index is 2.36. The Labute approximate surface area is 117 Å². The molecular formula is C11H10BrClN4O. The van der Waals surface area contributed by atoms with Crippen LogP contribution in [0.25, 0.3) is 0 Å². The summed E-state index contributed by atoms with van der Waals surface area (Å²) in [5, 5.41) is 0.499. The highest BCUT2D eigenvalue weighted by Crippen LogP contribution is 2.32. The quantitative estimate of drug-likeness (QED) is 0.668. The minimum atomic E-state index is 0.279. The van der Waals surface area contributed by atoms with Gasteiger partial charge in [0.2, 0.25) is 11.8 Å². The van der Waals surface area contributed by atoms with Crippen LogP contribution in [-0.2, 0) is 0 Å². The largest absolute Gasteiger partial charge is 0.437 e. The zero-order valence-corrected chi connectivity index (χ0v) is 11.8. The Morgan fingerprint density at radius 3 is 2.94 bits per heavy atom. The highest BCUT2D eigenvalue weighted by atomic mass is 79.9. The molecule has 3 N–H and O–H groups in total. The molecule has 0 bridgehead atoms. The van der Waals surface area contributed by atoms with E-state index < -0.39 is 0 Å². The number of nitrogens with two attached hydrogens (primary N) is 1. The summed E-state index contributed by atoms with van der Waals surface area (Å²) in [4.78, 5) is 8.08. The standard InChI is InChI=1S/C11H10BrClN4O/c1-6-5-15-11(17-14)16-10(6)18-9-4-7(12)2-3-8(9)13/h2-5H,14H2,1H3,(H,15,16,17). The fourth-order valence-corrected chi connectivity index (χ4v) is 1.76. The molecule has 2 rings (SSSR count). The first kappa shape index (κ1) is 13.1. The molecule has 94 valence electrons. The summed E-state index contributed by atoms with van der Waals surface area (Å²) in [6, 6.07) is 5.33. The van der Waals surface area contributed by atoms with Crippen LogP contribution in [0.1, 0.15) is 5.56 Å². The second kappa shape index (κ2) is 5.51. The van der Waals surface area contributed by atoms with Gasteiger partial charge in [-0.1, -0.05) is 27.5 Å². The van der Waals surface area contributed by atoms with Crippen LogP contribution in [0.5, 0.6) is 11.6 Å². The zero-order valence-electron chi connectivity index (χ0n) is 9.45. The van der Waals surface area contributed by atoms with Crippen LogP contribution in [0.4, 0.5) is 5.95 Å². The number of nitrogens with one attached hydrogen (secondary N) is 1. The van der Waals surface area contributed by atoms with Gasteiger partial charge in [-0.3, -0.25) is 5.43 Å². The molecule has 0 fully saturated rings. The molecule has 1 heterocycles. The topological polar surface area (TPSA) is 73.1 Å². The smallest absolute Gasteiger partial charge is 0.240 e. The maximum atomic E-state index is 6.04. The number of hydrazine groups is 1. The average molecular weight is 330 g/mol. The maximum absolute atomic E-state index is 6.04. The summed E-state index contributed by atoms with van der Waals surface area (Å²) < 4.78 is 6.52. The molecular weight excluding hydrogens is 320 g/mol. The van der Waals surface area contributed by atoms with Gasteiger partial charge in [-0.15, -0.1) is 0 Å². The van der Waals surface area contributed by atoms with Gasteiger partial charge in [-0.2, -0.15) is 4.98 Å². The van der Waals surface area contributed by atoms with E-state index in [0.717, 1.165) is 10.0 Å². The minimum Gasteiger partial charge on any atom is -0.437 e. The minimum absolute atomic E-state index is 0.279.